The van der Waals surface area contributed by atoms with Gasteiger partial charge in [0.2, 0.25) is 0 Å². The average Bonchev–Trinajstić information content (AvgIpc) is 3.15. The van der Waals surface area contributed by atoms with Crippen LogP contribution in [0.15, 0.2) is 48.7 Å². The van der Waals surface area contributed by atoms with Crippen LogP contribution in [0.4, 0.5) is 5.69 Å². The van der Waals surface area contributed by atoms with Gasteiger partial charge in [-0.05, 0) is 50.1 Å². The third kappa shape index (κ3) is 4.33. The predicted octanol–water partition coefficient (Wildman–Crippen LogP) is 4.40. The number of hydrogen-bond acceptors (Lipinski definition) is 5. The van der Waals surface area contributed by atoms with Gasteiger partial charge in [-0.15, -0.1) is 0 Å². The molecular formula is C23H25ClN4O2. The van der Waals surface area contributed by atoms with Crippen LogP contribution in [0.2, 0.25) is 5.02 Å². The third-order valence-corrected chi connectivity index (χ3v) is 5.98. The number of aryl methyl sites for hydroxylation is 1. The molecule has 1 aliphatic rings. The van der Waals surface area contributed by atoms with E-state index in [-0.39, 0.29) is 11.7 Å². The number of rotatable bonds is 6. The van der Waals surface area contributed by atoms with Crippen LogP contribution in [0.3, 0.4) is 0 Å². The fraction of sp³-hybridized carbons (Fsp3) is 0.348. The molecule has 2 aromatic heterocycles. The lowest BCUT2D eigenvalue weighted by atomic mass is 9.92. The van der Waals surface area contributed by atoms with Gasteiger partial charge in [-0.25, -0.2) is 0 Å². The van der Waals surface area contributed by atoms with E-state index in [0.29, 0.717) is 17.3 Å². The second kappa shape index (κ2) is 8.88. The monoisotopic (exact) mass is 424 g/mol. The number of ether oxygens (including phenoxy) is 1. The molecule has 1 fully saturated rings. The van der Waals surface area contributed by atoms with E-state index < -0.39 is 0 Å². The van der Waals surface area contributed by atoms with Gasteiger partial charge < -0.3 is 9.64 Å². The summed E-state index contributed by atoms with van der Waals surface area (Å²) in [5, 5.41) is 5.20. The molecule has 0 atom stereocenters. The molecule has 0 spiro atoms. The minimum Gasteiger partial charge on any atom is -0.495 e. The fourth-order valence-corrected chi connectivity index (χ4v) is 4.09. The van der Waals surface area contributed by atoms with Crippen molar-refractivity contribution in [1.82, 2.24) is 14.8 Å². The minimum atomic E-state index is 0.0531. The first-order chi connectivity index (χ1) is 14.5. The standard InChI is InChI=1S/C23H25ClN4O2/c1-16-13-21(20-5-3-4-10-25-20)26-28(16)15-22(29)17-8-11-27(12-9-17)18-6-7-19(24)23(14-18)30-2/h3-7,10,13-14,17H,8-9,11-12,15H2,1-2H3. The Morgan fingerprint density at radius 1 is 1.17 bits per heavy atom. The van der Waals surface area contributed by atoms with E-state index in [4.69, 9.17) is 16.3 Å². The topological polar surface area (TPSA) is 60.2 Å². The zero-order chi connectivity index (χ0) is 21.1. The molecule has 0 unspecified atom stereocenters. The molecule has 1 aliphatic heterocycles. The molecule has 0 N–H and O–H groups in total. The minimum absolute atomic E-state index is 0.0531. The maximum atomic E-state index is 12.9. The lowest BCUT2D eigenvalue weighted by Crippen LogP contribution is -2.37. The first kappa shape index (κ1) is 20.4. The summed E-state index contributed by atoms with van der Waals surface area (Å²) in [6.07, 6.45) is 3.41. The highest BCUT2D eigenvalue weighted by atomic mass is 35.5. The van der Waals surface area contributed by atoms with Gasteiger partial charge in [-0.1, -0.05) is 17.7 Å². The van der Waals surface area contributed by atoms with Crippen LogP contribution in [-0.2, 0) is 11.3 Å². The van der Waals surface area contributed by atoms with E-state index in [2.05, 4.69) is 15.0 Å². The molecule has 0 bridgehead atoms. The van der Waals surface area contributed by atoms with Crippen molar-refractivity contribution in [2.24, 2.45) is 5.92 Å². The van der Waals surface area contributed by atoms with Crippen LogP contribution in [-0.4, -0.2) is 40.7 Å². The summed E-state index contributed by atoms with van der Waals surface area (Å²) in [5.41, 5.74) is 3.66. The number of methoxy groups -OCH3 is 1. The number of Topliss-reactive ketones (excluding diaryl/α,β-unsaturated/α-hetero) is 1. The Morgan fingerprint density at radius 3 is 2.67 bits per heavy atom. The Balaban J connectivity index is 1.38. The number of anilines is 1. The van der Waals surface area contributed by atoms with Gasteiger partial charge >= 0.3 is 0 Å². The Bertz CT molecular complexity index is 1030. The molecule has 30 heavy (non-hydrogen) atoms. The number of benzene rings is 1. The van der Waals surface area contributed by atoms with Crippen molar-refractivity contribution in [2.45, 2.75) is 26.3 Å². The van der Waals surface area contributed by atoms with Crippen LogP contribution >= 0.6 is 11.6 Å². The number of pyridine rings is 1. The van der Waals surface area contributed by atoms with Crippen LogP contribution in [0, 0.1) is 12.8 Å². The number of aromatic nitrogens is 3. The van der Waals surface area contributed by atoms with Crippen molar-refractivity contribution < 1.29 is 9.53 Å². The van der Waals surface area contributed by atoms with Crippen LogP contribution in [0.1, 0.15) is 18.5 Å². The molecule has 4 rings (SSSR count). The number of ketones is 1. The van der Waals surface area contributed by atoms with E-state index in [9.17, 15) is 4.79 Å². The van der Waals surface area contributed by atoms with Gasteiger partial charge in [-0.3, -0.25) is 14.5 Å². The number of piperidine rings is 1. The Hall–Kier alpha value is -2.86. The Labute approximate surface area is 181 Å². The van der Waals surface area contributed by atoms with Crippen molar-refractivity contribution in [3.8, 4) is 17.1 Å². The second-order valence-electron chi connectivity index (χ2n) is 7.59. The molecular weight excluding hydrogens is 400 g/mol. The number of nitrogens with zero attached hydrogens (tertiary/aromatic N) is 4. The summed E-state index contributed by atoms with van der Waals surface area (Å²) in [6, 6.07) is 13.5. The lowest BCUT2D eigenvalue weighted by Gasteiger charge is -2.33. The van der Waals surface area contributed by atoms with Crippen molar-refractivity contribution in [3.05, 3.63) is 59.4 Å². The summed E-state index contributed by atoms with van der Waals surface area (Å²) in [7, 11) is 1.62. The molecule has 1 aromatic carbocycles. The van der Waals surface area contributed by atoms with E-state index in [1.54, 1.807) is 18.0 Å². The quantitative estimate of drug-likeness (QED) is 0.586. The van der Waals surface area contributed by atoms with Gasteiger partial charge in [0.1, 0.15) is 18.0 Å². The number of hydrogen-bond donors (Lipinski definition) is 0. The smallest absolute Gasteiger partial charge is 0.157 e. The maximum Gasteiger partial charge on any atom is 0.157 e. The van der Waals surface area contributed by atoms with Crippen molar-refractivity contribution >= 4 is 23.1 Å². The van der Waals surface area contributed by atoms with E-state index >= 15 is 0 Å². The SMILES string of the molecule is COc1cc(N2CCC(C(=O)Cn3nc(-c4ccccn4)cc3C)CC2)ccc1Cl. The lowest BCUT2D eigenvalue weighted by molar-refractivity contribution is -0.124. The van der Waals surface area contributed by atoms with Gasteiger partial charge in [0.15, 0.2) is 5.78 Å². The zero-order valence-electron chi connectivity index (χ0n) is 17.2. The molecule has 7 heteroatoms. The first-order valence-corrected chi connectivity index (χ1v) is 10.5. The highest BCUT2D eigenvalue weighted by Gasteiger charge is 2.26. The van der Waals surface area contributed by atoms with Crippen molar-refractivity contribution in [2.75, 3.05) is 25.1 Å². The van der Waals surface area contributed by atoms with Gasteiger partial charge in [0.25, 0.3) is 0 Å². The summed E-state index contributed by atoms with van der Waals surface area (Å²) in [4.78, 5) is 19.5. The number of halogens is 1. The average molecular weight is 425 g/mol. The van der Waals surface area contributed by atoms with E-state index in [1.807, 2.05) is 49.4 Å². The van der Waals surface area contributed by atoms with Crippen LogP contribution < -0.4 is 9.64 Å². The molecule has 0 aliphatic carbocycles. The van der Waals surface area contributed by atoms with Gasteiger partial charge in [0, 0.05) is 42.7 Å². The maximum absolute atomic E-state index is 12.9. The predicted molar refractivity (Wildman–Crippen MR) is 118 cm³/mol. The molecule has 0 amide bonds. The zero-order valence-corrected chi connectivity index (χ0v) is 18.0. The normalized spacial score (nSPS) is 14.7. The summed E-state index contributed by atoms with van der Waals surface area (Å²) in [5.74, 6) is 0.963. The highest BCUT2D eigenvalue weighted by Crippen LogP contribution is 2.31. The van der Waals surface area contributed by atoms with Crippen LogP contribution in [0.5, 0.6) is 5.75 Å². The van der Waals surface area contributed by atoms with Gasteiger partial charge in [0.05, 0.1) is 17.8 Å². The molecule has 1 saturated heterocycles. The molecule has 3 heterocycles. The third-order valence-electron chi connectivity index (χ3n) is 5.66. The largest absolute Gasteiger partial charge is 0.495 e. The summed E-state index contributed by atoms with van der Waals surface area (Å²) >= 11 is 6.13. The summed E-state index contributed by atoms with van der Waals surface area (Å²) in [6.45, 7) is 3.94. The highest BCUT2D eigenvalue weighted by molar-refractivity contribution is 6.32. The molecule has 3 aromatic rings. The van der Waals surface area contributed by atoms with E-state index in [1.165, 1.54) is 0 Å². The summed E-state index contributed by atoms with van der Waals surface area (Å²) < 4.78 is 7.11. The number of carbonyl (C=O) groups is 1. The van der Waals surface area contributed by atoms with Crippen molar-refractivity contribution in [1.29, 1.82) is 0 Å². The van der Waals surface area contributed by atoms with Gasteiger partial charge in [-0.2, -0.15) is 5.10 Å². The first-order valence-electron chi connectivity index (χ1n) is 10.1. The molecule has 156 valence electrons. The van der Waals surface area contributed by atoms with Crippen molar-refractivity contribution in [3.63, 3.8) is 0 Å². The van der Waals surface area contributed by atoms with E-state index in [0.717, 1.165) is 48.7 Å². The van der Waals surface area contributed by atoms with Crippen LogP contribution in [0.25, 0.3) is 11.4 Å². The fourth-order valence-electron chi connectivity index (χ4n) is 3.89. The molecule has 0 saturated carbocycles. The molecule has 6 nitrogen and oxygen atoms in total. The second-order valence-corrected chi connectivity index (χ2v) is 8.00. The number of carbonyl (C=O) groups excluding carboxylic acids is 1. The molecule has 0 radical (unpaired) electrons. The Kier molecular flexibility index (Phi) is 6.04. The Morgan fingerprint density at radius 2 is 1.97 bits per heavy atom.